The first-order valence-electron chi connectivity index (χ1n) is 15.9. The zero-order valence-corrected chi connectivity index (χ0v) is 29.8. The van der Waals surface area contributed by atoms with E-state index in [2.05, 4.69) is 91.8 Å². The Morgan fingerprint density at radius 2 is 1.00 bits per heavy atom. The van der Waals surface area contributed by atoms with Crippen molar-refractivity contribution in [3.63, 3.8) is 0 Å². The van der Waals surface area contributed by atoms with Gasteiger partial charge in [-0.15, -0.1) is 0 Å². The van der Waals surface area contributed by atoms with E-state index in [1.54, 1.807) is 0 Å². The molecule has 0 bridgehead atoms. The second-order valence-electron chi connectivity index (χ2n) is 14.1. The molecule has 42 heavy (non-hydrogen) atoms. The van der Waals surface area contributed by atoms with Crippen molar-refractivity contribution >= 4 is 11.1 Å². The topological polar surface area (TPSA) is 40.5 Å². The van der Waals surface area contributed by atoms with Crippen molar-refractivity contribution in [2.45, 2.75) is 124 Å². The SMILES string of the molecule is CCCCC1=C(c2cc(C(C)(C)C)ccc2O)CC=C1CC1=CCC(c2cc(C(C)(C)C)ccc2O)=C1CCCC.[Zr]. The molecule has 2 aromatic carbocycles. The van der Waals surface area contributed by atoms with Crippen LogP contribution in [-0.4, -0.2) is 10.2 Å². The Bertz CT molecular complexity index is 1300. The van der Waals surface area contributed by atoms with Crippen LogP contribution in [0.15, 0.2) is 70.8 Å². The first kappa shape index (κ1) is 34.4. The van der Waals surface area contributed by atoms with Crippen molar-refractivity contribution in [1.82, 2.24) is 0 Å². The summed E-state index contributed by atoms with van der Waals surface area (Å²) in [7, 11) is 0. The molecule has 0 amide bonds. The maximum atomic E-state index is 11.0. The summed E-state index contributed by atoms with van der Waals surface area (Å²) in [6, 6.07) is 12.3. The number of aromatic hydroxyl groups is 2. The Labute approximate surface area is 274 Å². The molecule has 0 radical (unpaired) electrons. The van der Waals surface area contributed by atoms with E-state index in [1.165, 1.54) is 44.6 Å². The Balaban J connectivity index is 0.00000484. The molecule has 0 unspecified atom stereocenters. The quantitative estimate of drug-likeness (QED) is 0.270. The van der Waals surface area contributed by atoms with Gasteiger partial charge in [0.05, 0.1) is 0 Å². The molecule has 2 nitrogen and oxygen atoms in total. The van der Waals surface area contributed by atoms with Crippen LogP contribution in [0.3, 0.4) is 0 Å². The van der Waals surface area contributed by atoms with Crippen LogP contribution in [0.1, 0.15) is 135 Å². The fourth-order valence-corrected chi connectivity index (χ4v) is 6.26. The molecule has 0 saturated carbocycles. The van der Waals surface area contributed by atoms with Crippen molar-refractivity contribution < 1.29 is 36.4 Å². The number of hydrogen-bond donors (Lipinski definition) is 2. The van der Waals surface area contributed by atoms with Crippen molar-refractivity contribution in [2.24, 2.45) is 0 Å². The molecule has 3 heteroatoms. The number of rotatable bonds is 10. The second kappa shape index (κ2) is 14.1. The van der Waals surface area contributed by atoms with Crippen LogP contribution in [0.25, 0.3) is 11.1 Å². The van der Waals surface area contributed by atoms with Gasteiger partial charge in [0.15, 0.2) is 0 Å². The van der Waals surface area contributed by atoms with Crippen molar-refractivity contribution in [2.75, 3.05) is 0 Å². The molecular formula is C39H52O2Zr. The predicted octanol–water partition coefficient (Wildman–Crippen LogP) is 11.3. The fraction of sp³-hybridized carbons (Fsp3) is 0.487. The molecule has 4 rings (SSSR count). The second-order valence-corrected chi connectivity index (χ2v) is 14.1. The number of allylic oxidation sites excluding steroid dienone is 8. The molecular weight excluding hydrogens is 592 g/mol. The summed E-state index contributed by atoms with van der Waals surface area (Å²) in [6.07, 6.45) is 14.2. The van der Waals surface area contributed by atoms with Crippen molar-refractivity contribution in [3.05, 3.63) is 93.1 Å². The molecule has 224 valence electrons. The van der Waals surface area contributed by atoms with Gasteiger partial charge in [0.1, 0.15) is 11.5 Å². The number of phenolic OH excluding ortho intramolecular Hbond substituents is 2. The van der Waals surface area contributed by atoms with Crippen LogP contribution in [0.2, 0.25) is 0 Å². The minimum atomic E-state index is 0. The summed E-state index contributed by atoms with van der Waals surface area (Å²) in [5.41, 5.74) is 12.9. The van der Waals surface area contributed by atoms with E-state index in [0.29, 0.717) is 11.5 Å². The zero-order chi connectivity index (χ0) is 29.9. The standard InChI is InChI=1S/C39H52O2.Zr/c1-9-11-13-30-26(15-19-32(30)34-24-28(38(3,4)5)17-21-36(34)40)23-27-16-20-33(31(27)14-12-10-2)35-25-29(39(6,7)8)18-22-37(35)41;/h15-18,21-22,24-25,40-41H,9-14,19-20,23H2,1-8H3;. The Morgan fingerprint density at radius 3 is 1.33 bits per heavy atom. The summed E-state index contributed by atoms with van der Waals surface area (Å²) >= 11 is 0. The van der Waals surface area contributed by atoms with Crippen LogP contribution in [0.5, 0.6) is 11.5 Å². The summed E-state index contributed by atoms with van der Waals surface area (Å²) in [5.74, 6) is 0.772. The van der Waals surface area contributed by atoms with Gasteiger partial charge < -0.3 is 10.2 Å². The van der Waals surface area contributed by atoms with Crippen LogP contribution in [-0.2, 0) is 37.0 Å². The Morgan fingerprint density at radius 1 is 0.619 bits per heavy atom. The molecule has 2 aromatic rings. The fourth-order valence-electron chi connectivity index (χ4n) is 6.26. The van der Waals surface area contributed by atoms with E-state index in [4.69, 9.17) is 0 Å². The van der Waals surface area contributed by atoms with Gasteiger partial charge in [-0.2, -0.15) is 0 Å². The van der Waals surface area contributed by atoms with Gasteiger partial charge in [0.25, 0.3) is 0 Å². The van der Waals surface area contributed by atoms with E-state index in [9.17, 15) is 10.2 Å². The average molecular weight is 644 g/mol. The van der Waals surface area contributed by atoms with Gasteiger partial charge in [0.2, 0.25) is 0 Å². The molecule has 0 fully saturated rings. The number of phenols is 2. The maximum absolute atomic E-state index is 11.0. The molecule has 0 spiro atoms. The summed E-state index contributed by atoms with van der Waals surface area (Å²) in [6.45, 7) is 17.9. The minimum Gasteiger partial charge on any atom is -0.507 e. The third-order valence-electron chi connectivity index (χ3n) is 8.93. The van der Waals surface area contributed by atoms with E-state index in [0.717, 1.165) is 68.9 Å². The summed E-state index contributed by atoms with van der Waals surface area (Å²) in [5, 5.41) is 22.0. The van der Waals surface area contributed by atoms with E-state index < -0.39 is 0 Å². The average Bonchev–Trinajstić information content (AvgIpc) is 3.49. The largest absolute Gasteiger partial charge is 0.507 e. The van der Waals surface area contributed by atoms with Crippen LogP contribution < -0.4 is 0 Å². The van der Waals surface area contributed by atoms with Gasteiger partial charge in [-0.1, -0.05) is 92.5 Å². The van der Waals surface area contributed by atoms with Crippen LogP contribution in [0.4, 0.5) is 0 Å². The van der Waals surface area contributed by atoms with Gasteiger partial charge in [0, 0.05) is 37.3 Å². The van der Waals surface area contributed by atoms with E-state index in [1.807, 2.05) is 12.1 Å². The summed E-state index contributed by atoms with van der Waals surface area (Å²) < 4.78 is 0. The van der Waals surface area contributed by atoms with Crippen molar-refractivity contribution in [1.29, 1.82) is 0 Å². The Hall–Kier alpha value is -2.12. The number of hydrogen-bond acceptors (Lipinski definition) is 2. The first-order chi connectivity index (χ1) is 19.3. The normalized spacial score (nSPS) is 15.7. The van der Waals surface area contributed by atoms with Gasteiger partial charge in [-0.25, -0.2) is 0 Å². The monoisotopic (exact) mass is 642 g/mol. The van der Waals surface area contributed by atoms with Crippen LogP contribution in [0, 0.1) is 0 Å². The van der Waals surface area contributed by atoms with Gasteiger partial charge >= 0.3 is 0 Å². The molecule has 2 aliphatic rings. The molecule has 0 aliphatic heterocycles. The van der Waals surface area contributed by atoms with Gasteiger partial charge in [-0.3, -0.25) is 0 Å². The van der Waals surface area contributed by atoms with E-state index in [-0.39, 0.29) is 37.0 Å². The molecule has 2 N–H and O–H groups in total. The van der Waals surface area contributed by atoms with Crippen molar-refractivity contribution in [3.8, 4) is 11.5 Å². The van der Waals surface area contributed by atoms with Gasteiger partial charge in [-0.05, 0) is 125 Å². The predicted molar refractivity (Wildman–Crippen MR) is 177 cm³/mol. The molecule has 0 saturated heterocycles. The smallest absolute Gasteiger partial charge is 0.123 e. The number of unbranched alkanes of at least 4 members (excludes halogenated alkanes) is 2. The number of benzene rings is 2. The summed E-state index contributed by atoms with van der Waals surface area (Å²) in [4.78, 5) is 0. The molecule has 2 aliphatic carbocycles. The maximum Gasteiger partial charge on any atom is 0.123 e. The van der Waals surface area contributed by atoms with Crippen LogP contribution >= 0.6 is 0 Å². The third-order valence-corrected chi connectivity index (χ3v) is 8.93. The molecule has 0 heterocycles. The Kier molecular flexibility index (Phi) is 11.5. The van der Waals surface area contributed by atoms with E-state index >= 15 is 0 Å². The third kappa shape index (κ3) is 7.69. The molecule has 0 atom stereocenters. The minimum absolute atomic E-state index is 0. The first-order valence-corrected chi connectivity index (χ1v) is 15.9. The molecule has 0 aromatic heterocycles. The zero-order valence-electron chi connectivity index (χ0n) is 27.4.